The second-order valence-corrected chi connectivity index (χ2v) is 6.13. The van der Waals surface area contributed by atoms with E-state index in [1.54, 1.807) is 0 Å². The molecular formula is C20H25N. The van der Waals surface area contributed by atoms with E-state index >= 15 is 0 Å². The highest BCUT2D eigenvalue weighted by molar-refractivity contribution is 5.34. The van der Waals surface area contributed by atoms with Crippen molar-refractivity contribution in [2.45, 2.75) is 44.1 Å². The summed E-state index contributed by atoms with van der Waals surface area (Å²) in [5, 5.41) is 3.43. The predicted molar refractivity (Wildman–Crippen MR) is 89.6 cm³/mol. The number of rotatable bonds is 4. The van der Waals surface area contributed by atoms with Crippen LogP contribution in [0.1, 0.15) is 60.8 Å². The molecule has 0 saturated heterocycles. The van der Waals surface area contributed by atoms with Gasteiger partial charge in [-0.25, -0.2) is 0 Å². The van der Waals surface area contributed by atoms with Crippen LogP contribution in [0.15, 0.2) is 54.6 Å². The van der Waals surface area contributed by atoms with E-state index in [1.165, 1.54) is 48.8 Å². The minimum atomic E-state index is 0.284. The van der Waals surface area contributed by atoms with Crippen LogP contribution < -0.4 is 5.32 Å². The van der Waals surface area contributed by atoms with E-state index in [0.717, 1.165) is 5.92 Å². The van der Waals surface area contributed by atoms with Gasteiger partial charge in [0.15, 0.2) is 0 Å². The molecule has 1 atom stereocenters. The molecule has 110 valence electrons. The summed E-state index contributed by atoms with van der Waals surface area (Å²) in [6.45, 7) is 0. The van der Waals surface area contributed by atoms with Crippen molar-refractivity contribution in [3.63, 3.8) is 0 Å². The summed E-state index contributed by atoms with van der Waals surface area (Å²) in [5.41, 5.74) is 4.20. The molecule has 21 heavy (non-hydrogen) atoms. The first-order valence-electron chi connectivity index (χ1n) is 8.20. The molecule has 1 aliphatic carbocycles. The smallest absolute Gasteiger partial charge is 0.0574 e. The second kappa shape index (κ2) is 6.91. The van der Waals surface area contributed by atoms with Gasteiger partial charge in [-0.1, -0.05) is 73.9 Å². The maximum Gasteiger partial charge on any atom is 0.0574 e. The molecule has 0 aromatic heterocycles. The Morgan fingerprint density at radius 1 is 0.810 bits per heavy atom. The van der Waals surface area contributed by atoms with Crippen LogP contribution >= 0.6 is 0 Å². The molecule has 0 aliphatic heterocycles. The normalized spacial score (nSPS) is 17.6. The Labute approximate surface area is 128 Å². The van der Waals surface area contributed by atoms with Crippen LogP contribution in [0.2, 0.25) is 0 Å². The summed E-state index contributed by atoms with van der Waals surface area (Å²) in [6, 6.07) is 20.3. The molecule has 1 N–H and O–H groups in total. The van der Waals surface area contributed by atoms with Crippen molar-refractivity contribution >= 4 is 0 Å². The lowest BCUT2D eigenvalue weighted by molar-refractivity contribution is 0.443. The Balaban J connectivity index is 1.79. The Morgan fingerprint density at radius 3 is 2.05 bits per heavy atom. The first kappa shape index (κ1) is 14.3. The molecule has 3 rings (SSSR count). The third-order valence-electron chi connectivity index (χ3n) is 4.77. The molecular weight excluding hydrogens is 254 g/mol. The van der Waals surface area contributed by atoms with Crippen LogP contribution in [0.5, 0.6) is 0 Å². The summed E-state index contributed by atoms with van der Waals surface area (Å²) in [7, 11) is 2.03. The van der Waals surface area contributed by atoms with Crippen LogP contribution in [-0.2, 0) is 0 Å². The monoisotopic (exact) mass is 279 g/mol. The minimum Gasteiger partial charge on any atom is -0.309 e. The molecule has 1 aliphatic rings. The van der Waals surface area contributed by atoms with Gasteiger partial charge < -0.3 is 5.32 Å². The Hall–Kier alpha value is -1.60. The van der Waals surface area contributed by atoms with Gasteiger partial charge in [0, 0.05) is 0 Å². The van der Waals surface area contributed by atoms with Gasteiger partial charge in [0.05, 0.1) is 6.04 Å². The summed E-state index contributed by atoms with van der Waals surface area (Å²) < 4.78 is 0. The van der Waals surface area contributed by atoms with Crippen molar-refractivity contribution < 1.29 is 0 Å². The van der Waals surface area contributed by atoms with Gasteiger partial charge in [-0.3, -0.25) is 0 Å². The van der Waals surface area contributed by atoms with Crippen LogP contribution in [0, 0.1) is 0 Å². The summed E-state index contributed by atoms with van der Waals surface area (Å²) in [6.07, 6.45) is 6.95. The fourth-order valence-corrected chi connectivity index (χ4v) is 3.57. The minimum absolute atomic E-state index is 0.284. The molecule has 0 heterocycles. The van der Waals surface area contributed by atoms with Gasteiger partial charge in [-0.2, -0.15) is 0 Å². The van der Waals surface area contributed by atoms with Crippen molar-refractivity contribution in [3.8, 4) is 0 Å². The Morgan fingerprint density at radius 2 is 1.43 bits per heavy atom. The van der Waals surface area contributed by atoms with Crippen molar-refractivity contribution in [2.75, 3.05) is 7.05 Å². The van der Waals surface area contributed by atoms with Crippen LogP contribution in [0.4, 0.5) is 0 Å². The van der Waals surface area contributed by atoms with Gasteiger partial charge in [-0.05, 0) is 42.5 Å². The van der Waals surface area contributed by atoms with Crippen molar-refractivity contribution in [2.24, 2.45) is 0 Å². The van der Waals surface area contributed by atoms with Crippen LogP contribution in [0.3, 0.4) is 0 Å². The fourth-order valence-electron chi connectivity index (χ4n) is 3.57. The van der Waals surface area contributed by atoms with E-state index in [9.17, 15) is 0 Å². The number of hydrogen-bond acceptors (Lipinski definition) is 1. The molecule has 1 nitrogen and oxygen atoms in total. The van der Waals surface area contributed by atoms with Gasteiger partial charge in [0.2, 0.25) is 0 Å². The second-order valence-electron chi connectivity index (χ2n) is 6.13. The van der Waals surface area contributed by atoms with Gasteiger partial charge in [0.25, 0.3) is 0 Å². The highest BCUT2D eigenvalue weighted by Gasteiger charge is 2.16. The molecule has 2 aromatic rings. The van der Waals surface area contributed by atoms with E-state index < -0.39 is 0 Å². The molecule has 0 bridgehead atoms. The zero-order chi connectivity index (χ0) is 14.5. The molecule has 1 unspecified atom stereocenters. The summed E-state index contributed by atoms with van der Waals surface area (Å²) in [4.78, 5) is 0. The highest BCUT2D eigenvalue weighted by Crippen LogP contribution is 2.33. The molecule has 0 amide bonds. The van der Waals surface area contributed by atoms with E-state index in [-0.39, 0.29) is 6.04 Å². The van der Waals surface area contributed by atoms with E-state index in [4.69, 9.17) is 0 Å². The number of hydrogen-bond donors (Lipinski definition) is 1. The Bertz CT molecular complexity index is 538. The SMILES string of the molecule is CNC(c1ccccc1)c1ccc(C2CCCCC2)cc1. The van der Waals surface area contributed by atoms with E-state index in [0.29, 0.717) is 0 Å². The Kier molecular flexibility index (Phi) is 4.72. The average Bonchev–Trinajstić information content (AvgIpc) is 2.58. The fraction of sp³-hybridized carbons (Fsp3) is 0.400. The topological polar surface area (TPSA) is 12.0 Å². The first-order chi connectivity index (χ1) is 10.4. The molecule has 0 spiro atoms. The zero-order valence-electron chi connectivity index (χ0n) is 12.9. The molecule has 1 saturated carbocycles. The van der Waals surface area contributed by atoms with E-state index in [2.05, 4.69) is 59.9 Å². The van der Waals surface area contributed by atoms with Gasteiger partial charge >= 0.3 is 0 Å². The summed E-state index contributed by atoms with van der Waals surface area (Å²) >= 11 is 0. The quantitative estimate of drug-likeness (QED) is 0.826. The lowest BCUT2D eigenvalue weighted by Crippen LogP contribution is -2.17. The zero-order valence-corrected chi connectivity index (χ0v) is 12.9. The largest absolute Gasteiger partial charge is 0.309 e. The molecule has 2 aromatic carbocycles. The first-order valence-corrected chi connectivity index (χ1v) is 8.20. The number of benzene rings is 2. The van der Waals surface area contributed by atoms with Crippen molar-refractivity contribution in [1.29, 1.82) is 0 Å². The molecule has 1 fully saturated rings. The van der Waals surface area contributed by atoms with Crippen LogP contribution in [-0.4, -0.2) is 7.05 Å². The standard InChI is InChI=1S/C20H25N/c1-21-20(18-10-6-3-7-11-18)19-14-12-17(13-15-19)16-8-4-2-5-9-16/h3,6-7,10-16,20-21H,2,4-5,8-9H2,1H3. The van der Waals surface area contributed by atoms with Crippen molar-refractivity contribution in [1.82, 2.24) is 5.32 Å². The van der Waals surface area contributed by atoms with Gasteiger partial charge in [-0.15, -0.1) is 0 Å². The third kappa shape index (κ3) is 3.36. The maximum absolute atomic E-state index is 3.43. The van der Waals surface area contributed by atoms with Gasteiger partial charge in [0.1, 0.15) is 0 Å². The lowest BCUT2D eigenvalue weighted by atomic mass is 9.83. The predicted octanol–water partition coefficient (Wildman–Crippen LogP) is 5.04. The highest BCUT2D eigenvalue weighted by atomic mass is 14.9. The third-order valence-corrected chi connectivity index (χ3v) is 4.77. The number of nitrogens with one attached hydrogen (secondary N) is 1. The summed E-state index contributed by atoms with van der Waals surface area (Å²) in [5.74, 6) is 0.789. The van der Waals surface area contributed by atoms with Crippen LogP contribution in [0.25, 0.3) is 0 Å². The maximum atomic E-state index is 3.43. The van der Waals surface area contributed by atoms with Crippen molar-refractivity contribution in [3.05, 3.63) is 71.3 Å². The van der Waals surface area contributed by atoms with E-state index in [1.807, 2.05) is 7.05 Å². The lowest BCUT2D eigenvalue weighted by Gasteiger charge is -2.23. The molecule has 1 heteroatoms. The average molecular weight is 279 g/mol. The molecule has 0 radical (unpaired) electrons.